The molecule has 1 N–H and O–H groups in total. The van der Waals surface area contributed by atoms with Crippen molar-refractivity contribution in [1.82, 2.24) is 0 Å². The predicted molar refractivity (Wildman–Crippen MR) is 107 cm³/mol. The minimum absolute atomic E-state index is 0.261. The van der Waals surface area contributed by atoms with Gasteiger partial charge in [-0.2, -0.15) is 0 Å². The third-order valence-corrected chi connectivity index (χ3v) is 5.62. The largest absolute Gasteiger partial charge is 0.472 e. The molecule has 0 aromatic heterocycles. The number of phosphoric ester groups is 1. The number of unbranched alkanes of at least 4 members (excludes halogenated alkanes) is 6. The Labute approximate surface area is 156 Å². The van der Waals surface area contributed by atoms with Crippen LogP contribution in [-0.4, -0.2) is 17.6 Å². The smallest absolute Gasteiger partial charge is 0.302 e. The molecule has 0 fully saturated rings. The first-order chi connectivity index (χ1) is 11.8. The van der Waals surface area contributed by atoms with Gasteiger partial charge in [0.15, 0.2) is 0 Å². The molecule has 0 bridgehead atoms. The van der Waals surface area contributed by atoms with E-state index in [9.17, 15) is 9.46 Å². The standard InChI is InChI=1S/C20H43O4P/c1-6-8-10-12-14-20(15-13-11-9-7-2)17-23-25(21,22)24-19(5)16-18(3)4/h18-20H,6-17H2,1-5H3,(H,21,22). The number of hydrogen-bond donors (Lipinski definition) is 1. The van der Waals surface area contributed by atoms with Crippen molar-refractivity contribution in [2.75, 3.05) is 6.61 Å². The molecule has 0 aromatic rings. The van der Waals surface area contributed by atoms with E-state index in [1.54, 1.807) is 0 Å². The molecule has 5 heteroatoms. The van der Waals surface area contributed by atoms with Crippen molar-refractivity contribution in [2.45, 2.75) is 111 Å². The van der Waals surface area contributed by atoms with Crippen LogP contribution >= 0.6 is 7.82 Å². The molecule has 0 saturated heterocycles. The number of rotatable bonds is 17. The van der Waals surface area contributed by atoms with E-state index in [0.717, 1.165) is 19.3 Å². The Morgan fingerprint density at radius 2 is 1.40 bits per heavy atom. The highest BCUT2D eigenvalue weighted by molar-refractivity contribution is 7.47. The Morgan fingerprint density at radius 1 is 0.880 bits per heavy atom. The minimum Gasteiger partial charge on any atom is -0.302 e. The fourth-order valence-corrected chi connectivity index (χ4v) is 4.20. The summed E-state index contributed by atoms with van der Waals surface area (Å²) in [5.74, 6) is 0.790. The van der Waals surface area contributed by atoms with Gasteiger partial charge in [0, 0.05) is 0 Å². The van der Waals surface area contributed by atoms with E-state index < -0.39 is 7.82 Å². The van der Waals surface area contributed by atoms with E-state index in [1.165, 1.54) is 51.4 Å². The van der Waals surface area contributed by atoms with Crippen molar-refractivity contribution in [3.05, 3.63) is 0 Å². The summed E-state index contributed by atoms with van der Waals surface area (Å²) in [6.45, 7) is 10.7. The van der Waals surface area contributed by atoms with E-state index in [2.05, 4.69) is 27.7 Å². The van der Waals surface area contributed by atoms with Crippen LogP contribution in [0.5, 0.6) is 0 Å². The van der Waals surface area contributed by atoms with Crippen molar-refractivity contribution >= 4 is 7.82 Å². The summed E-state index contributed by atoms with van der Waals surface area (Å²) in [5, 5.41) is 0. The van der Waals surface area contributed by atoms with Crippen molar-refractivity contribution < 1.29 is 18.5 Å². The van der Waals surface area contributed by atoms with E-state index in [-0.39, 0.29) is 6.10 Å². The summed E-state index contributed by atoms with van der Waals surface area (Å²) in [5.41, 5.74) is 0. The van der Waals surface area contributed by atoms with Gasteiger partial charge in [-0.3, -0.25) is 9.05 Å². The van der Waals surface area contributed by atoms with Crippen molar-refractivity contribution in [2.24, 2.45) is 11.8 Å². The monoisotopic (exact) mass is 378 g/mol. The number of hydrogen-bond acceptors (Lipinski definition) is 3. The summed E-state index contributed by atoms with van der Waals surface area (Å²) in [7, 11) is -3.95. The molecule has 0 aromatic carbocycles. The van der Waals surface area contributed by atoms with Gasteiger partial charge < -0.3 is 4.89 Å². The molecule has 0 spiro atoms. The summed E-state index contributed by atoms with van der Waals surface area (Å²) in [6, 6.07) is 0. The second-order valence-electron chi connectivity index (χ2n) is 7.87. The summed E-state index contributed by atoms with van der Waals surface area (Å²) < 4.78 is 22.8. The SMILES string of the molecule is CCCCCCC(CCCCCC)COP(=O)(O)OC(C)CC(C)C. The van der Waals surface area contributed by atoms with Gasteiger partial charge in [-0.25, -0.2) is 4.57 Å². The van der Waals surface area contributed by atoms with Gasteiger partial charge in [-0.1, -0.05) is 79.1 Å². The Balaban J connectivity index is 4.31. The van der Waals surface area contributed by atoms with Crippen LogP contribution in [0, 0.1) is 11.8 Å². The molecule has 0 aliphatic heterocycles. The Morgan fingerprint density at radius 3 is 1.84 bits per heavy atom. The lowest BCUT2D eigenvalue weighted by molar-refractivity contribution is 0.0881. The molecule has 152 valence electrons. The summed E-state index contributed by atoms with van der Waals surface area (Å²) in [4.78, 5) is 9.98. The Hall–Kier alpha value is 0.110. The zero-order chi connectivity index (χ0) is 19.1. The normalized spacial score (nSPS) is 15.7. The molecular formula is C20H43O4P. The Bertz CT molecular complexity index is 335. The van der Waals surface area contributed by atoms with Crippen LogP contribution in [0.25, 0.3) is 0 Å². The van der Waals surface area contributed by atoms with Crippen LogP contribution in [0.1, 0.15) is 105 Å². The molecule has 0 radical (unpaired) electrons. The first-order valence-corrected chi connectivity index (χ1v) is 12.0. The zero-order valence-electron chi connectivity index (χ0n) is 17.3. The third-order valence-electron chi connectivity index (χ3n) is 4.52. The van der Waals surface area contributed by atoms with Gasteiger partial charge in [-0.05, 0) is 38.0 Å². The third kappa shape index (κ3) is 16.0. The molecular weight excluding hydrogens is 335 g/mol. The van der Waals surface area contributed by atoms with Crippen LogP contribution in [0.4, 0.5) is 0 Å². The highest BCUT2D eigenvalue weighted by Crippen LogP contribution is 2.46. The quantitative estimate of drug-likeness (QED) is 0.216. The van der Waals surface area contributed by atoms with Crippen molar-refractivity contribution in [3.63, 3.8) is 0 Å². The number of phosphoric acid groups is 1. The van der Waals surface area contributed by atoms with Gasteiger partial charge in [0.2, 0.25) is 0 Å². The van der Waals surface area contributed by atoms with Gasteiger partial charge >= 0.3 is 7.82 Å². The molecule has 0 heterocycles. The van der Waals surface area contributed by atoms with E-state index in [1.807, 2.05) is 6.92 Å². The maximum atomic E-state index is 12.2. The first kappa shape index (κ1) is 25.1. The maximum absolute atomic E-state index is 12.2. The van der Waals surface area contributed by atoms with Crippen LogP contribution in [0.3, 0.4) is 0 Å². The zero-order valence-corrected chi connectivity index (χ0v) is 18.2. The average molecular weight is 379 g/mol. The van der Waals surface area contributed by atoms with Gasteiger partial charge in [0.25, 0.3) is 0 Å². The predicted octanol–water partition coefficient (Wildman–Crippen LogP) is 7.11. The maximum Gasteiger partial charge on any atom is 0.472 e. The fourth-order valence-electron chi connectivity index (χ4n) is 3.19. The van der Waals surface area contributed by atoms with Crippen LogP contribution in [0.15, 0.2) is 0 Å². The van der Waals surface area contributed by atoms with Crippen LogP contribution in [-0.2, 0) is 13.6 Å². The minimum atomic E-state index is -3.95. The average Bonchev–Trinajstić information content (AvgIpc) is 2.50. The van der Waals surface area contributed by atoms with Crippen LogP contribution in [0.2, 0.25) is 0 Å². The summed E-state index contributed by atoms with van der Waals surface area (Å²) >= 11 is 0. The van der Waals surface area contributed by atoms with E-state index >= 15 is 0 Å². The van der Waals surface area contributed by atoms with Crippen molar-refractivity contribution in [1.29, 1.82) is 0 Å². The molecule has 0 saturated carbocycles. The molecule has 0 amide bonds. The lowest BCUT2D eigenvalue weighted by Crippen LogP contribution is -2.14. The van der Waals surface area contributed by atoms with E-state index in [4.69, 9.17) is 9.05 Å². The van der Waals surface area contributed by atoms with Crippen LogP contribution < -0.4 is 0 Å². The summed E-state index contributed by atoms with van der Waals surface area (Å²) in [6.07, 6.45) is 12.5. The molecule has 25 heavy (non-hydrogen) atoms. The molecule has 2 unspecified atom stereocenters. The lowest BCUT2D eigenvalue weighted by atomic mass is 9.95. The second-order valence-corrected chi connectivity index (χ2v) is 9.28. The highest BCUT2D eigenvalue weighted by Gasteiger charge is 2.26. The molecule has 0 aliphatic carbocycles. The topological polar surface area (TPSA) is 55.8 Å². The highest BCUT2D eigenvalue weighted by atomic mass is 31.2. The van der Waals surface area contributed by atoms with E-state index in [0.29, 0.717) is 18.4 Å². The molecule has 2 atom stereocenters. The van der Waals surface area contributed by atoms with Gasteiger partial charge in [0.1, 0.15) is 0 Å². The molecule has 0 rings (SSSR count). The molecule has 0 aliphatic rings. The van der Waals surface area contributed by atoms with Gasteiger partial charge in [-0.15, -0.1) is 0 Å². The fraction of sp³-hybridized carbons (Fsp3) is 1.00. The molecule has 4 nitrogen and oxygen atoms in total. The first-order valence-electron chi connectivity index (χ1n) is 10.5. The Kier molecular flexibility index (Phi) is 15.3. The lowest BCUT2D eigenvalue weighted by Gasteiger charge is -2.22. The van der Waals surface area contributed by atoms with Crippen molar-refractivity contribution in [3.8, 4) is 0 Å². The second kappa shape index (κ2) is 15.2. The van der Waals surface area contributed by atoms with Gasteiger partial charge in [0.05, 0.1) is 12.7 Å².